The highest BCUT2D eigenvalue weighted by molar-refractivity contribution is 5.44. The van der Waals surface area contributed by atoms with E-state index in [0.29, 0.717) is 6.54 Å². The van der Waals surface area contributed by atoms with Gasteiger partial charge in [0, 0.05) is 19.0 Å². The molecule has 1 aromatic carbocycles. The predicted octanol–water partition coefficient (Wildman–Crippen LogP) is 2.97. The van der Waals surface area contributed by atoms with E-state index < -0.39 is 0 Å². The molecule has 0 amide bonds. The van der Waals surface area contributed by atoms with Gasteiger partial charge in [0.1, 0.15) is 0 Å². The molecule has 1 atom stereocenters. The van der Waals surface area contributed by atoms with Gasteiger partial charge < -0.3 is 15.2 Å². The summed E-state index contributed by atoms with van der Waals surface area (Å²) in [6, 6.07) is 6.45. The van der Waals surface area contributed by atoms with Crippen LogP contribution in [-0.2, 0) is 0 Å². The number of likely N-dealkylation sites (N-methyl/N-ethyl adjacent to an activating group) is 1. The second-order valence-electron chi connectivity index (χ2n) is 5.70. The SMILES string of the molecule is CCCCCN(C)C(CN)c1ccc2c(c1)OCCCO2. The van der Waals surface area contributed by atoms with Crippen molar-refractivity contribution in [1.29, 1.82) is 0 Å². The minimum Gasteiger partial charge on any atom is -0.490 e. The first-order valence-electron chi connectivity index (χ1n) is 8.06. The Bertz CT molecular complexity index is 437. The van der Waals surface area contributed by atoms with E-state index in [-0.39, 0.29) is 6.04 Å². The molecular weight excluding hydrogens is 264 g/mol. The number of unbranched alkanes of at least 4 members (excludes halogenated alkanes) is 2. The Labute approximate surface area is 128 Å². The Morgan fingerprint density at radius 2 is 1.95 bits per heavy atom. The third-order valence-electron chi connectivity index (χ3n) is 4.03. The third kappa shape index (κ3) is 4.35. The largest absolute Gasteiger partial charge is 0.490 e. The Kier molecular flexibility index (Phi) is 6.33. The molecule has 1 aromatic rings. The number of fused-ring (bicyclic) bond motifs is 1. The number of hydrogen-bond donors (Lipinski definition) is 1. The van der Waals surface area contributed by atoms with Gasteiger partial charge in [-0.2, -0.15) is 0 Å². The van der Waals surface area contributed by atoms with Crippen molar-refractivity contribution in [2.45, 2.75) is 38.6 Å². The van der Waals surface area contributed by atoms with E-state index in [4.69, 9.17) is 15.2 Å². The summed E-state index contributed by atoms with van der Waals surface area (Å²) in [6.45, 7) is 5.36. The second kappa shape index (κ2) is 8.25. The molecule has 2 rings (SSSR count). The van der Waals surface area contributed by atoms with E-state index in [1.807, 2.05) is 6.07 Å². The number of hydrogen-bond acceptors (Lipinski definition) is 4. The van der Waals surface area contributed by atoms with Crippen LogP contribution in [-0.4, -0.2) is 38.3 Å². The smallest absolute Gasteiger partial charge is 0.161 e. The van der Waals surface area contributed by atoms with Gasteiger partial charge in [-0.3, -0.25) is 4.90 Å². The highest BCUT2D eigenvalue weighted by Crippen LogP contribution is 2.33. The van der Waals surface area contributed by atoms with Crippen molar-refractivity contribution < 1.29 is 9.47 Å². The van der Waals surface area contributed by atoms with E-state index >= 15 is 0 Å². The zero-order chi connectivity index (χ0) is 15.1. The lowest BCUT2D eigenvalue weighted by Crippen LogP contribution is -2.31. The number of rotatable bonds is 7. The normalized spacial score (nSPS) is 15.8. The first-order valence-corrected chi connectivity index (χ1v) is 8.06. The Hall–Kier alpha value is -1.26. The van der Waals surface area contributed by atoms with E-state index in [9.17, 15) is 0 Å². The van der Waals surface area contributed by atoms with Crippen molar-refractivity contribution in [3.63, 3.8) is 0 Å². The third-order valence-corrected chi connectivity index (χ3v) is 4.03. The van der Waals surface area contributed by atoms with Crippen LogP contribution in [0, 0.1) is 0 Å². The first kappa shape index (κ1) is 16.1. The lowest BCUT2D eigenvalue weighted by Gasteiger charge is -2.27. The molecule has 1 heterocycles. The molecule has 0 aliphatic carbocycles. The van der Waals surface area contributed by atoms with Gasteiger partial charge in [-0.25, -0.2) is 0 Å². The van der Waals surface area contributed by atoms with Crippen LogP contribution >= 0.6 is 0 Å². The topological polar surface area (TPSA) is 47.7 Å². The Morgan fingerprint density at radius 3 is 2.67 bits per heavy atom. The molecule has 0 aromatic heterocycles. The molecular formula is C17H28N2O2. The lowest BCUT2D eigenvalue weighted by atomic mass is 10.0. The Morgan fingerprint density at radius 1 is 1.19 bits per heavy atom. The minimum absolute atomic E-state index is 0.235. The summed E-state index contributed by atoms with van der Waals surface area (Å²) < 4.78 is 11.5. The van der Waals surface area contributed by atoms with Crippen molar-refractivity contribution in [1.82, 2.24) is 4.90 Å². The maximum Gasteiger partial charge on any atom is 0.161 e. The van der Waals surface area contributed by atoms with Crippen LogP contribution < -0.4 is 15.2 Å². The van der Waals surface area contributed by atoms with Crippen LogP contribution in [0.1, 0.15) is 44.2 Å². The van der Waals surface area contributed by atoms with Crippen LogP contribution in [0.3, 0.4) is 0 Å². The van der Waals surface area contributed by atoms with Gasteiger partial charge in [-0.15, -0.1) is 0 Å². The van der Waals surface area contributed by atoms with Crippen LogP contribution in [0.4, 0.5) is 0 Å². The highest BCUT2D eigenvalue weighted by atomic mass is 16.5. The molecule has 0 fully saturated rings. The summed E-state index contributed by atoms with van der Waals surface area (Å²) in [4.78, 5) is 2.34. The number of ether oxygens (including phenoxy) is 2. The average Bonchev–Trinajstić information content (AvgIpc) is 2.73. The van der Waals surface area contributed by atoms with Gasteiger partial charge in [0.2, 0.25) is 0 Å². The number of nitrogens with zero attached hydrogens (tertiary/aromatic N) is 1. The zero-order valence-corrected chi connectivity index (χ0v) is 13.3. The van der Waals surface area contributed by atoms with Gasteiger partial charge in [0.15, 0.2) is 11.5 Å². The molecule has 2 N–H and O–H groups in total. The minimum atomic E-state index is 0.235. The molecule has 4 heteroatoms. The summed E-state index contributed by atoms with van der Waals surface area (Å²) in [5.41, 5.74) is 7.21. The quantitative estimate of drug-likeness (QED) is 0.785. The summed E-state index contributed by atoms with van der Waals surface area (Å²) in [5, 5.41) is 0. The fraction of sp³-hybridized carbons (Fsp3) is 0.647. The summed E-state index contributed by atoms with van der Waals surface area (Å²) in [7, 11) is 2.15. The van der Waals surface area contributed by atoms with Gasteiger partial charge >= 0.3 is 0 Å². The van der Waals surface area contributed by atoms with Gasteiger partial charge in [0.25, 0.3) is 0 Å². The molecule has 118 valence electrons. The fourth-order valence-corrected chi connectivity index (χ4v) is 2.72. The van der Waals surface area contributed by atoms with Gasteiger partial charge in [0.05, 0.1) is 13.2 Å². The molecule has 0 bridgehead atoms. The highest BCUT2D eigenvalue weighted by Gasteiger charge is 2.18. The standard InChI is InChI=1S/C17H28N2O2/c1-3-4-5-9-19(2)15(13-18)14-7-8-16-17(12-14)21-11-6-10-20-16/h7-8,12,15H,3-6,9-11,13,18H2,1-2H3. The van der Waals surface area contributed by atoms with Crippen LogP contribution in [0.25, 0.3) is 0 Å². The van der Waals surface area contributed by atoms with Crippen molar-refractivity contribution in [3.05, 3.63) is 23.8 Å². The van der Waals surface area contributed by atoms with Crippen molar-refractivity contribution in [2.24, 2.45) is 5.73 Å². The van der Waals surface area contributed by atoms with Crippen LogP contribution in [0.5, 0.6) is 11.5 Å². The molecule has 1 unspecified atom stereocenters. The van der Waals surface area contributed by atoms with E-state index in [1.54, 1.807) is 0 Å². The zero-order valence-electron chi connectivity index (χ0n) is 13.3. The fourth-order valence-electron chi connectivity index (χ4n) is 2.72. The van der Waals surface area contributed by atoms with Gasteiger partial charge in [-0.1, -0.05) is 25.8 Å². The van der Waals surface area contributed by atoms with E-state index in [2.05, 4.69) is 31.0 Å². The molecule has 21 heavy (non-hydrogen) atoms. The molecule has 0 saturated heterocycles. The number of benzene rings is 1. The van der Waals surface area contributed by atoms with Crippen molar-refractivity contribution in [3.8, 4) is 11.5 Å². The van der Waals surface area contributed by atoms with Crippen molar-refractivity contribution in [2.75, 3.05) is 33.4 Å². The van der Waals surface area contributed by atoms with E-state index in [1.165, 1.54) is 24.8 Å². The first-order chi connectivity index (χ1) is 10.3. The second-order valence-corrected chi connectivity index (χ2v) is 5.70. The molecule has 0 radical (unpaired) electrons. The predicted molar refractivity (Wildman–Crippen MR) is 86.0 cm³/mol. The molecule has 1 aliphatic rings. The molecule has 0 spiro atoms. The molecule has 4 nitrogen and oxygen atoms in total. The average molecular weight is 292 g/mol. The summed E-state index contributed by atoms with van der Waals surface area (Å²) in [5.74, 6) is 1.70. The number of nitrogens with two attached hydrogens (primary N) is 1. The van der Waals surface area contributed by atoms with Crippen LogP contribution in [0.15, 0.2) is 18.2 Å². The Balaban J connectivity index is 2.08. The maximum atomic E-state index is 6.00. The molecule has 1 aliphatic heterocycles. The maximum absolute atomic E-state index is 6.00. The van der Waals surface area contributed by atoms with Crippen LogP contribution in [0.2, 0.25) is 0 Å². The summed E-state index contributed by atoms with van der Waals surface area (Å²) in [6.07, 6.45) is 4.66. The van der Waals surface area contributed by atoms with E-state index in [0.717, 1.165) is 37.7 Å². The monoisotopic (exact) mass is 292 g/mol. The van der Waals surface area contributed by atoms with Crippen molar-refractivity contribution >= 4 is 0 Å². The summed E-state index contributed by atoms with van der Waals surface area (Å²) >= 11 is 0. The lowest BCUT2D eigenvalue weighted by molar-refractivity contribution is 0.244. The van der Waals surface area contributed by atoms with Gasteiger partial charge in [-0.05, 0) is 37.7 Å². The molecule has 0 saturated carbocycles.